The first-order valence-electron chi connectivity index (χ1n) is 2.34. The summed E-state index contributed by atoms with van der Waals surface area (Å²) in [5, 5.41) is 0.795. The molecule has 0 bridgehead atoms. The molecule has 0 saturated carbocycles. The zero-order chi connectivity index (χ0) is 5.98. The molecule has 0 aromatic carbocycles. The van der Waals surface area contributed by atoms with Gasteiger partial charge in [-0.15, -0.1) is 0 Å². The highest BCUT2D eigenvalue weighted by atomic mass is 79.9. The third-order valence-electron chi connectivity index (χ3n) is 0.884. The van der Waals surface area contributed by atoms with Crippen LogP contribution < -0.4 is 0 Å². The van der Waals surface area contributed by atoms with Crippen molar-refractivity contribution in [2.24, 2.45) is 0 Å². The van der Waals surface area contributed by atoms with E-state index in [0.717, 1.165) is 15.9 Å². The van der Waals surface area contributed by atoms with E-state index in [1.807, 2.05) is 18.6 Å². The molecular formula is C6H5BrCl. The number of rotatable bonds is 0. The maximum absolute atomic E-state index is 5.63. The van der Waals surface area contributed by atoms with Crippen molar-refractivity contribution in [1.82, 2.24) is 0 Å². The molecular weight excluding hydrogens is 187 g/mol. The fourth-order valence-corrected chi connectivity index (χ4v) is 1.33. The minimum Gasteiger partial charge on any atom is -0.0847 e. The van der Waals surface area contributed by atoms with Crippen molar-refractivity contribution < 1.29 is 0 Å². The van der Waals surface area contributed by atoms with Gasteiger partial charge < -0.3 is 0 Å². The SMILES string of the molecule is ClC1=C[CH]CC(Br)=C1. The van der Waals surface area contributed by atoms with Crippen LogP contribution in [0.25, 0.3) is 0 Å². The third-order valence-corrected chi connectivity index (χ3v) is 1.67. The Morgan fingerprint density at radius 2 is 2.38 bits per heavy atom. The van der Waals surface area contributed by atoms with Gasteiger partial charge in [-0.3, -0.25) is 0 Å². The van der Waals surface area contributed by atoms with E-state index in [1.165, 1.54) is 0 Å². The topological polar surface area (TPSA) is 0 Å². The Morgan fingerprint density at radius 1 is 1.62 bits per heavy atom. The number of allylic oxidation sites excluding steroid dienone is 4. The second-order valence-electron chi connectivity index (χ2n) is 1.58. The van der Waals surface area contributed by atoms with Crippen molar-refractivity contribution in [2.75, 3.05) is 0 Å². The second kappa shape index (κ2) is 2.70. The van der Waals surface area contributed by atoms with Gasteiger partial charge in [-0.2, -0.15) is 0 Å². The molecule has 0 aliphatic heterocycles. The quantitative estimate of drug-likeness (QED) is 0.553. The molecule has 0 spiro atoms. The van der Waals surface area contributed by atoms with E-state index >= 15 is 0 Å². The van der Waals surface area contributed by atoms with Crippen molar-refractivity contribution in [3.05, 3.63) is 28.1 Å². The summed E-state index contributed by atoms with van der Waals surface area (Å²) in [5.74, 6) is 0. The van der Waals surface area contributed by atoms with Crippen LogP contribution in [0.5, 0.6) is 0 Å². The van der Waals surface area contributed by atoms with E-state index in [0.29, 0.717) is 0 Å². The number of halogens is 2. The number of hydrogen-bond acceptors (Lipinski definition) is 0. The summed E-state index contributed by atoms with van der Waals surface area (Å²) in [7, 11) is 0. The first kappa shape index (κ1) is 6.37. The van der Waals surface area contributed by atoms with E-state index < -0.39 is 0 Å². The van der Waals surface area contributed by atoms with Gasteiger partial charge in [-0.05, 0) is 23.4 Å². The maximum atomic E-state index is 5.63. The Labute approximate surface area is 62.3 Å². The van der Waals surface area contributed by atoms with Crippen LogP contribution in [0, 0.1) is 6.42 Å². The maximum Gasteiger partial charge on any atom is 0.0377 e. The first-order chi connectivity index (χ1) is 3.79. The van der Waals surface area contributed by atoms with Gasteiger partial charge in [0.05, 0.1) is 0 Å². The molecule has 1 aliphatic carbocycles. The average Bonchev–Trinajstić information content (AvgIpc) is 1.64. The fourth-order valence-electron chi connectivity index (χ4n) is 0.541. The lowest BCUT2D eigenvalue weighted by Gasteiger charge is -2.00. The van der Waals surface area contributed by atoms with Crippen LogP contribution in [-0.2, 0) is 0 Å². The van der Waals surface area contributed by atoms with Gasteiger partial charge in [0.25, 0.3) is 0 Å². The van der Waals surface area contributed by atoms with Crippen molar-refractivity contribution in [2.45, 2.75) is 6.42 Å². The normalized spacial score (nSPS) is 19.8. The van der Waals surface area contributed by atoms with Crippen LogP contribution in [0.2, 0.25) is 0 Å². The zero-order valence-electron chi connectivity index (χ0n) is 4.20. The van der Waals surface area contributed by atoms with Crippen molar-refractivity contribution in [3.63, 3.8) is 0 Å². The van der Waals surface area contributed by atoms with Crippen LogP contribution in [0.15, 0.2) is 21.7 Å². The summed E-state index contributed by atoms with van der Waals surface area (Å²) in [4.78, 5) is 0. The molecule has 0 saturated heterocycles. The summed E-state index contributed by atoms with van der Waals surface area (Å²) in [6.07, 6.45) is 6.79. The average molecular weight is 192 g/mol. The Kier molecular flexibility index (Phi) is 2.15. The minimum absolute atomic E-state index is 0.795. The van der Waals surface area contributed by atoms with Crippen LogP contribution >= 0.6 is 27.5 Å². The van der Waals surface area contributed by atoms with Gasteiger partial charge >= 0.3 is 0 Å². The molecule has 0 N–H and O–H groups in total. The zero-order valence-corrected chi connectivity index (χ0v) is 6.54. The van der Waals surface area contributed by atoms with Gasteiger partial charge in [0.15, 0.2) is 0 Å². The highest BCUT2D eigenvalue weighted by Crippen LogP contribution is 2.22. The molecule has 1 radical (unpaired) electrons. The van der Waals surface area contributed by atoms with E-state index in [-0.39, 0.29) is 0 Å². The standard InChI is InChI=1S/C6H5BrCl/c7-5-2-1-3-6(8)4-5/h1,3-4H,2H2. The Bertz CT molecular complexity index is 147. The van der Waals surface area contributed by atoms with Gasteiger partial charge in [0.2, 0.25) is 0 Å². The molecule has 2 heteroatoms. The van der Waals surface area contributed by atoms with Gasteiger partial charge in [-0.25, -0.2) is 0 Å². The Morgan fingerprint density at radius 3 is 2.75 bits per heavy atom. The largest absolute Gasteiger partial charge is 0.0847 e. The predicted molar refractivity (Wildman–Crippen MR) is 39.9 cm³/mol. The van der Waals surface area contributed by atoms with Gasteiger partial charge in [0, 0.05) is 5.03 Å². The molecule has 0 unspecified atom stereocenters. The molecule has 1 aliphatic rings. The Hall–Kier alpha value is 0.250. The summed E-state index contributed by atoms with van der Waals surface area (Å²) in [6, 6.07) is 0. The summed E-state index contributed by atoms with van der Waals surface area (Å²) in [5.41, 5.74) is 0. The van der Waals surface area contributed by atoms with Gasteiger partial charge in [0.1, 0.15) is 0 Å². The molecule has 0 aromatic rings. The fraction of sp³-hybridized carbons (Fsp3) is 0.167. The lowest BCUT2D eigenvalue weighted by atomic mass is 10.2. The molecule has 0 fully saturated rings. The lowest BCUT2D eigenvalue weighted by molar-refractivity contribution is 1.24. The highest BCUT2D eigenvalue weighted by molar-refractivity contribution is 9.11. The smallest absolute Gasteiger partial charge is 0.0377 e. The molecule has 0 aromatic heterocycles. The summed E-state index contributed by atoms with van der Waals surface area (Å²) < 4.78 is 1.14. The monoisotopic (exact) mass is 191 g/mol. The minimum atomic E-state index is 0.795. The molecule has 0 nitrogen and oxygen atoms in total. The molecule has 8 heavy (non-hydrogen) atoms. The lowest BCUT2D eigenvalue weighted by Crippen LogP contribution is -1.80. The Balaban J connectivity index is 2.69. The van der Waals surface area contributed by atoms with E-state index in [2.05, 4.69) is 15.9 Å². The van der Waals surface area contributed by atoms with Crippen LogP contribution in [-0.4, -0.2) is 0 Å². The van der Waals surface area contributed by atoms with Crippen molar-refractivity contribution in [3.8, 4) is 0 Å². The third kappa shape index (κ3) is 1.64. The van der Waals surface area contributed by atoms with Crippen LogP contribution in [0.4, 0.5) is 0 Å². The molecule has 0 heterocycles. The van der Waals surface area contributed by atoms with E-state index in [1.54, 1.807) is 0 Å². The molecule has 43 valence electrons. The molecule has 0 atom stereocenters. The van der Waals surface area contributed by atoms with E-state index in [4.69, 9.17) is 11.6 Å². The summed E-state index contributed by atoms with van der Waals surface area (Å²) in [6.45, 7) is 0. The van der Waals surface area contributed by atoms with Gasteiger partial charge in [-0.1, -0.05) is 33.6 Å². The highest BCUT2D eigenvalue weighted by Gasteiger charge is 1.98. The van der Waals surface area contributed by atoms with Crippen LogP contribution in [0.3, 0.4) is 0 Å². The molecule has 0 amide bonds. The summed E-state index contributed by atoms with van der Waals surface area (Å²) >= 11 is 8.97. The van der Waals surface area contributed by atoms with E-state index in [9.17, 15) is 0 Å². The van der Waals surface area contributed by atoms with Crippen molar-refractivity contribution in [1.29, 1.82) is 0 Å². The van der Waals surface area contributed by atoms with Crippen molar-refractivity contribution >= 4 is 27.5 Å². The molecule has 1 rings (SSSR count). The first-order valence-corrected chi connectivity index (χ1v) is 3.51. The number of hydrogen-bond donors (Lipinski definition) is 0. The van der Waals surface area contributed by atoms with Crippen LogP contribution in [0.1, 0.15) is 6.42 Å². The second-order valence-corrected chi connectivity index (χ2v) is 3.04. The predicted octanol–water partition coefficient (Wildman–Crippen LogP) is 3.00.